The molecule has 1 aliphatic carbocycles. The summed E-state index contributed by atoms with van der Waals surface area (Å²) in [6, 6.07) is 14.5. The van der Waals surface area contributed by atoms with Crippen molar-refractivity contribution in [1.29, 1.82) is 0 Å². The third kappa shape index (κ3) is 5.99. The second-order valence-electron chi connectivity index (χ2n) is 8.31. The van der Waals surface area contributed by atoms with Crippen molar-refractivity contribution in [3.05, 3.63) is 82.3 Å². The Kier molecular flexibility index (Phi) is 7.73. The molecule has 4 rings (SSSR count). The molecule has 1 aliphatic rings. The van der Waals surface area contributed by atoms with Gasteiger partial charge in [0.05, 0.1) is 13.5 Å². The molecular weight excluding hydrogens is 434 g/mol. The van der Waals surface area contributed by atoms with Crippen molar-refractivity contribution in [2.75, 3.05) is 7.11 Å². The summed E-state index contributed by atoms with van der Waals surface area (Å²) in [4.78, 5) is 34.2. The molecule has 1 saturated carbocycles. The Morgan fingerprint density at radius 3 is 2.73 bits per heavy atom. The van der Waals surface area contributed by atoms with Crippen LogP contribution in [0.1, 0.15) is 47.7 Å². The van der Waals surface area contributed by atoms with E-state index >= 15 is 0 Å². The highest BCUT2D eigenvalue weighted by Crippen LogP contribution is 2.29. The van der Waals surface area contributed by atoms with Crippen molar-refractivity contribution in [3.63, 3.8) is 0 Å². The van der Waals surface area contributed by atoms with Crippen LogP contribution in [0.25, 0.3) is 0 Å². The first kappa shape index (κ1) is 23.0. The fraction of sp³-hybridized carbons (Fsp3) is 0.346. The van der Waals surface area contributed by atoms with Gasteiger partial charge in [-0.05, 0) is 53.6 Å². The number of methoxy groups -OCH3 is 1. The van der Waals surface area contributed by atoms with Gasteiger partial charge in [-0.1, -0.05) is 37.1 Å². The van der Waals surface area contributed by atoms with E-state index in [4.69, 9.17) is 4.74 Å². The van der Waals surface area contributed by atoms with E-state index in [1.54, 1.807) is 35.7 Å². The quantitative estimate of drug-likeness (QED) is 0.506. The van der Waals surface area contributed by atoms with E-state index in [1.165, 1.54) is 0 Å². The van der Waals surface area contributed by atoms with Crippen molar-refractivity contribution in [2.24, 2.45) is 0 Å². The van der Waals surface area contributed by atoms with E-state index in [9.17, 15) is 9.59 Å². The summed E-state index contributed by atoms with van der Waals surface area (Å²) in [7, 11) is 1.60. The van der Waals surface area contributed by atoms with Gasteiger partial charge in [-0.2, -0.15) is 0 Å². The molecule has 1 N–H and O–H groups in total. The largest absolute Gasteiger partial charge is 0.497 e. The van der Waals surface area contributed by atoms with Crippen molar-refractivity contribution in [1.82, 2.24) is 15.2 Å². The van der Waals surface area contributed by atoms with E-state index in [0.717, 1.165) is 41.7 Å². The zero-order chi connectivity index (χ0) is 23.0. The fourth-order valence-electron chi connectivity index (χ4n) is 4.31. The van der Waals surface area contributed by atoms with Crippen LogP contribution in [0.2, 0.25) is 0 Å². The molecule has 0 unspecified atom stereocenters. The van der Waals surface area contributed by atoms with E-state index < -0.39 is 6.04 Å². The number of carbonyl (C=O) groups is 2. The second-order valence-corrected chi connectivity index (χ2v) is 9.34. The Morgan fingerprint density at radius 2 is 2.03 bits per heavy atom. The van der Waals surface area contributed by atoms with E-state index in [2.05, 4.69) is 10.3 Å². The van der Waals surface area contributed by atoms with Crippen LogP contribution in [0, 0.1) is 0 Å². The Bertz CT molecular complexity index is 1050. The molecule has 2 amide bonds. The topological polar surface area (TPSA) is 71.5 Å². The molecule has 2 aromatic heterocycles. The molecule has 0 saturated heterocycles. The van der Waals surface area contributed by atoms with Gasteiger partial charge in [0.1, 0.15) is 11.8 Å². The minimum Gasteiger partial charge on any atom is -0.497 e. The first-order chi connectivity index (χ1) is 16.1. The number of thiophene rings is 1. The molecule has 6 nitrogen and oxygen atoms in total. The summed E-state index contributed by atoms with van der Waals surface area (Å²) >= 11 is 1.54. The highest BCUT2D eigenvalue weighted by atomic mass is 32.1. The molecule has 1 atom stereocenters. The summed E-state index contributed by atoms with van der Waals surface area (Å²) in [6.07, 6.45) is 7.87. The molecule has 1 fully saturated rings. The average Bonchev–Trinajstić information content (AvgIpc) is 3.54. The Labute approximate surface area is 198 Å². The summed E-state index contributed by atoms with van der Waals surface area (Å²) < 4.78 is 5.42. The Hall–Kier alpha value is -3.19. The monoisotopic (exact) mass is 463 g/mol. The van der Waals surface area contributed by atoms with Crippen molar-refractivity contribution < 1.29 is 14.3 Å². The maximum atomic E-state index is 13.7. The molecule has 33 heavy (non-hydrogen) atoms. The lowest BCUT2D eigenvalue weighted by Crippen LogP contribution is -2.46. The zero-order valence-electron chi connectivity index (χ0n) is 18.8. The third-order valence-electron chi connectivity index (χ3n) is 5.97. The Balaban J connectivity index is 1.71. The maximum Gasteiger partial charge on any atom is 0.247 e. The number of ether oxygens (including phenoxy) is 1. The van der Waals surface area contributed by atoms with Crippen molar-refractivity contribution in [3.8, 4) is 5.75 Å². The fourth-order valence-corrected chi connectivity index (χ4v) is 5.01. The summed E-state index contributed by atoms with van der Waals surface area (Å²) in [6.45, 7) is 0.290. The second kappa shape index (κ2) is 11.1. The SMILES string of the molecule is COc1cccc([C@H](C(=O)NC2CCCC2)N(Cc2cccnc2)C(=O)Cc2cccs2)c1. The normalized spacial score (nSPS) is 14.6. The van der Waals surface area contributed by atoms with Gasteiger partial charge in [0.25, 0.3) is 0 Å². The van der Waals surface area contributed by atoms with Gasteiger partial charge in [-0.3, -0.25) is 14.6 Å². The summed E-state index contributed by atoms with van der Waals surface area (Å²) in [5.74, 6) is 0.396. The van der Waals surface area contributed by atoms with Gasteiger partial charge in [0, 0.05) is 29.9 Å². The molecule has 0 radical (unpaired) electrons. The number of hydrogen-bond acceptors (Lipinski definition) is 5. The van der Waals surface area contributed by atoms with Gasteiger partial charge >= 0.3 is 0 Å². The minimum atomic E-state index is -0.770. The van der Waals surface area contributed by atoms with E-state index in [1.807, 2.05) is 53.9 Å². The summed E-state index contributed by atoms with van der Waals surface area (Å²) in [5, 5.41) is 5.17. The molecule has 0 aliphatic heterocycles. The van der Waals surface area contributed by atoms with E-state index in [0.29, 0.717) is 5.75 Å². The molecule has 0 bridgehead atoms. The van der Waals surface area contributed by atoms with Crippen LogP contribution < -0.4 is 10.1 Å². The van der Waals surface area contributed by atoms with Crippen LogP contribution in [0.3, 0.4) is 0 Å². The standard InChI is InChI=1S/C26H29N3O3S/c1-32-22-11-4-8-20(15-22)25(26(31)28-21-9-2-3-10-21)29(18-19-7-5-13-27-17-19)24(30)16-23-12-6-14-33-23/h4-8,11-15,17,21,25H,2-3,9-10,16,18H2,1H3,(H,28,31)/t25-/m1/s1. The number of amides is 2. The number of nitrogens with one attached hydrogen (secondary N) is 1. The molecular formula is C26H29N3O3S. The number of benzene rings is 1. The van der Waals surface area contributed by atoms with Gasteiger partial charge in [-0.25, -0.2) is 0 Å². The van der Waals surface area contributed by atoms with Gasteiger partial charge in [0.15, 0.2) is 0 Å². The molecule has 0 spiro atoms. The number of hydrogen-bond donors (Lipinski definition) is 1. The van der Waals surface area contributed by atoms with Crippen LogP contribution in [-0.4, -0.2) is 34.8 Å². The average molecular weight is 464 g/mol. The predicted molar refractivity (Wildman–Crippen MR) is 129 cm³/mol. The smallest absolute Gasteiger partial charge is 0.247 e. The zero-order valence-corrected chi connectivity index (χ0v) is 19.6. The first-order valence-corrected chi connectivity index (χ1v) is 12.2. The van der Waals surface area contributed by atoms with Gasteiger partial charge in [-0.15, -0.1) is 11.3 Å². The first-order valence-electron chi connectivity index (χ1n) is 11.3. The van der Waals surface area contributed by atoms with Crippen LogP contribution >= 0.6 is 11.3 Å². The van der Waals surface area contributed by atoms with Crippen LogP contribution in [0.5, 0.6) is 5.75 Å². The predicted octanol–water partition coefficient (Wildman–Crippen LogP) is 4.52. The lowest BCUT2D eigenvalue weighted by molar-refractivity contribution is -0.141. The van der Waals surface area contributed by atoms with Crippen LogP contribution in [0.15, 0.2) is 66.3 Å². The molecule has 3 aromatic rings. The van der Waals surface area contributed by atoms with E-state index in [-0.39, 0.29) is 30.8 Å². The minimum absolute atomic E-state index is 0.101. The number of pyridine rings is 1. The number of carbonyl (C=O) groups excluding carboxylic acids is 2. The molecule has 7 heteroatoms. The number of aromatic nitrogens is 1. The van der Waals surface area contributed by atoms with Crippen molar-refractivity contribution >= 4 is 23.2 Å². The van der Waals surface area contributed by atoms with Crippen LogP contribution in [-0.2, 0) is 22.6 Å². The summed E-state index contributed by atoms with van der Waals surface area (Å²) in [5.41, 5.74) is 1.60. The molecule has 2 heterocycles. The highest BCUT2D eigenvalue weighted by Gasteiger charge is 2.33. The number of rotatable bonds is 9. The highest BCUT2D eigenvalue weighted by molar-refractivity contribution is 7.10. The van der Waals surface area contributed by atoms with Crippen molar-refractivity contribution in [2.45, 2.75) is 50.7 Å². The molecule has 1 aromatic carbocycles. The van der Waals surface area contributed by atoms with Gasteiger partial charge < -0.3 is 15.0 Å². The lowest BCUT2D eigenvalue weighted by atomic mass is 10.0. The number of nitrogens with zero attached hydrogens (tertiary/aromatic N) is 2. The van der Waals surface area contributed by atoms with Gasteiger partial charge in [0.2, 0.25) is 11.8 Å². The van der Waals surface area contributed by atoms with Crippen LogP contribution in [0.4, 0.5) is 0 Å². The molecule has 172 valence electrons. The third-order valence-corrected chi connectivity index (χ3v) is 6.85. The lowest BCUT2D eigenvalue weighted by Gasteiger charge is -2.32. The Morgan fingerprint density at radius 1 is 1.18 bits per heavy atom. The maximum absolute atomic E-state index is 13.7.